The van der Waals surface area contributed by atoms with Crippen molar-refractivity contribution in [2.75, 3.05) is 11.4 Å². The molecule has 1 saturated carbocycles. The van der Waals surface area contributed by atoms with E-state index in [0.717, 1.165) is 37.0 Å². The van der Waals surface area contributed by atoms with Crippen LogP contribution in [-0.4, -0.2) is 18.5 Å². The minimum atomic E-state index is 0.259. The van der Waals surface area contributed by atoms with Crippen LogP contribution in [0.4, 0.5) is 5.69 Å². The van der Waals surface area contributed by atoms with Crippen LogP contribution in [-0.2, 0) is 11.3 Å². The lowest BCUT2D eigenvalue weighted by atomic mass is 9.71. The topological polar surface area (TPSA) is 32.3 Å². The summed E-state index contributed by atoms with van der Waals surface area (Å²) < 4.78 is 0. The summed E-state index contributed by atoms with van der Waals surface area (Å²) in [4.78, 5) is 13.6. The zero-order chi connectivity index (χ0) is 14.2. The summed E-state index contributed by atoms with van der Waals surface area (Å²) in [6.45, 7) is 1.80. The Morgan fingerprint density at radius 1 is 1.24 bits per heavy atom. The van der Waals surface area contributed by atoms with Crippen molar-refractivity contribution < 1.29 is 4.79 Å². The average molecular weight is 282 g/mol. The van der Waals surface area contributed by atoms with Gasteiger partial charge < -0.3 is 10.2 Å². The van der Waals surface area contributed by atoms with Crippen LogP contribution in [0.2, 0.25) is 0 Å². The molecule has 1 aromatic carbocycles. The molecule has 4 rings (SSSR count). The molecule has 2 aliphatic carbocycles. The SMILES string of the molecule is O=C1CCCN1c1ccc(CNC2CC3CC=CC32)cc1. The predicted molar refractivity (Wildman–Crippen MR) is 84.0 cm³/mol. The number of amides is 1. The zero-order valence-corrected chi connectivity index (χ0v) is 12.3. The highest BCUT2D eigenvalue weighted by atomic mass is 16.2. The zero-order valence-electron chi connectivity index (χ0n) is 12.3. The molecule has 0 aromatic heterocycles. The van der Waals surface area contributed by atoms with Gasteiger partial charge in [0.05, 0.1) is 0 Å². The number of rotatable bonds is 4. The van der Waals surface area contributed by atoms with Crippen molar-refractivity contribution in [1.82, 2.24) is 5.32 Å². The third kappa shape index (κ3) is 2.40. The van der Waals surface area contributed by atoms with Crippen LogP contribution < -0.4 is 10.2 Å². The molecule has 1 saturated heterocycles. The summed E-state index contributed by atoms with van der Waals surface area (Å²) in [7, 11) is 0. The lowest BCUT2D eigenvalue weighted by Gasteiger charge is -2.40. The fourth-order valence-electron chi connectivity index (χ4n) is 3.91. The summed E-state index contributed by atoms with van der Waals surface area (Å²) in [5.74, 6) is 1.94. The molecule has 0 spiro atoms. The fourth-order valence-corrected chi connectivity index (χ4v) is 3.91. The molecule has 3 heteroatoms. The third-order valence-corrected chi connectivity index (χ3v) is 5.25. The fraction of sp³-hybridized carbons (Fsp3) is 0.500. The smallest absolute Gasteiger partial charge is 0.227 e. The van der Waals surface area contributed by atoms with E-state index in [1.54, 1.807) is 0 Å². The Balaban J connectivity index is 1.34. The van der Waals surface area contributed by atoms with Crippen molar-refractivity contribution in [2.24, 2.45) is 11.8 Å². The molecular weight excluding hydrogens is 260 g/mol. The van der Waals surface area contributed by atoms with E-state index in [-0.39, 0.29) is 5.91 Å². The van der Waals surface area contributed by atoms with E-state index in [1.165, 1.54) is 18.4 Å². The first-order valence-corrected chi connectivity index (χ1v) is 8.10. The van der Waals surface area contributed by atoms with Gasteiger partial charge in [0.25, 0.3) is 0 Å². The maximum Gasteiger partial charge on any atom is 0.227 e. The van der Waals surface area contributed by atoms with Crippen molar-refractivity contribution in [1.29, 1.82) is 0 Å². The van der Waals surface area contributed by atoms with Gasteiger partial charge in [0.15, 0.2) is 0 Å². The highest BCUT2D eigenvalue weighted by Gasteiger charge is 2.40. The van der Waals surface area contributed by atoms with E-state index >= 15 is 0 Å². The molecule has 2 fully saturated rings. The number of anilines is 1. The van der Waals surface area contributed by atoms with Gasteiger partial charge in [-0.15, -0.1) is 0 Å². The van der Waals surface area contributed by atoms with E-state index in [2.05, 4.69) is 41.7 Å². The van der Waals surface area contributed by atoms with Gasteiger partial charge in [-0.3, -0.25) is 4.79 Å². The second-order valence-corrected chi connectivity index (χ2v) is 6.54. The molecule has 0 bridgehead atoms. The Hall–Kier alpha value is -1.61. The van der Waals surface area contributed by atoms with E-state index in [0.29, 0.717) is 12.5 Å². The number of carbonyl (C=O) groups is 1. The standard InChI is InChI=1S/C18H22N2O/c21-18-5-2-10-20(18)15-8-6-13(7-9-15)12-19-17-11-14-3-1-4-16(14)17/h1,4,6-9,14,16-17,19H,2-3,5,10-12H2. The largest absolute Gasteiger partial charge is 0.312 e. The van der Waals surface area contributed by atoms with E-state index in [9.17, 15) is 4.79 Å². The van der Waals surface area contributed by atoms with Crippen molar-refractivity contribution in [3.63, 3.8) is 0 Å². The number of allylic oxidation sites excluding steroid dienone is 1. The average Bonchev–Trinajstić information content (AvgIpc) is 3.07. The van der Waals surface area contributed by atoms with Crippen LogP contribution in [0.15, 0.2) is 36.4 Å². The Kier molecular flexibility index (Phi) is 3.30. The molecule has 3 aliphatic rings. The number of carbonyl (C=O) groups excluding carboxylic acids is 1. The second kappa shape index (κ2) is 5.30. The number of benzene rings is 1. The molecule has 1 amide bonds. The monoisotopic (exact) mass is 282 g/mol. The van der Waals surface area contributed by atoms with Gasteiger partial charge in [-0.2, -0.15) is 0 Å². The normalized spacial score (nSPS) is 30.6. The lowest BCUT2D eigenvalue weighted by molar-refractivity contribution is -0.117. The summed E-state index contributed by atoms with van der Waals surface area (Å²) in [6, 6.07) is 9.12. The number of hydrogen-bond donors (Lipinski definition) is 1. The Labute approximate surface area is 126 Å². The maximum atomic E-state index is 11.7. The third-order valence-electron chi connectivity index (χ3n) is 5.25. The molecule has 1 aliphatic heterocycles. The summed E-state index contributed by atoms with van der Waals surface area (Å²) in [5.41, 5.74) is 2.35. The first kappa shape index (κ1) is 13.1. The summed E-state index contributed by atoms with van der Waals surface area (Å²) in [5, 5.41) is 3.67. The number of nitrogens with one attached hydrogen (secondary N) is 1. The number of nitrogens with zero attached hydrogens (tertiary/aromatic N) is 1. The van der Waals surface area contributed by atoms with Crippen molar-refractivity contribution >= 4 is 11.6 Å². The van der Waals surface area contributed by atoms with Gasteiger partial charge in [0.1, 0.15) is 0 Å². The molecule has 3 unspecified atom stereocenters. The van der Waals surface area contributed by atoms with Crippen molar-refractivity contribution in [3.8, 4) is 0 Å². The lowest BCUT2D eigenvalue weighted by Crippen LogP contribution is -2.47. The van der Waals surface area contributed by atoms with E-state index in [4.69, 9.17) is 0 Å². The van der Waals surface area contributed by atoms with Crippen molar-refractivity contribution in [3.05, 3.63) is 42.0 Å². The van der Waals surface area contributed by atoms with Gasteiger partial charge in [-0.25, -0.2) is 0 Å². The van der Waals surface area contributed by atoms with Gasteiger partial charge >= 0.3 is 0 Å². The molecule has 110 valence electrons. The highest BCUT2D eigenvalue weighted by Crippen LogP contribution is 2.42. The van der Waals surface area contributed by atoms with E-state index in [1.807, 2.05) is 4.90 Å². The van der Waals surface area contributed by atoms with Crippen LogP contribution in [0.5, 0.6) is 0 Å². The maximum absolute atomic E-state index is 11.7. The molecule has 1 heterocycles. The first-order valence-electron chi connectivity index (χ1n) is 8.10. The number of fused-ring (bicyclic) bond motifs is 1. The van der Waals surface area contributed by atoms with E-state index < -0.39 is 0 Å². The Bertz CT molecular complexity index is 563. The second-order valence-electron chi connectivity index (χ2n) is 6.54. The molecule has 1 aromatic rings. The van der Waals surface area contributed by atoms with Crippen LogP contribution >= 0.6 is 0 Å². The van der Waals surface area contributed by atoms with Crippen molar-refractivity contribution in [2.45, 2.75) is 38.3 Å². The molecule has 3 atom stereocenters. The molecule has 0 radical (unpaired) electrons. The number of hydrogen-bond acceptors (Lipinski definition) is 2. The van der Waals surface area contributed by atoms with Gasteiger partial charge in [0, 0.05) is 31.2 Å². The van der Waals surface area contributed by atoms with Gasteiger partial charge in [-0.05, 0) is 48.8 Å². The molecular formula is C18H22N2O. The molecule has 1 N–H and O–H groups in total. The van der Waals surface area contributed by atoms with Crippen LogP contribution in [0, 0.1) is 11.8 Å². The Morgan fingerprint density at radius 2 is 2.10 bits per heavy atom. The molecule has 21 heavy (non-hydrogen) atoms. The minimum Gasteiger partial charge on any atom is -0.312 e. The van der Waals surface area contributed by atoms with Crippen LogP contribution in [0.25, 0.3) is 0 Å². The predicted octanol–water partition coefficient (Wildman–Crippen LogP) is 2.87. The quantitative estimate of drug-likeness (QED) is 0.861. The van der Waals surface area contributed by atoms with Crippen LogP contribution in [0.3, 0.4) is 0 Å². The Morgan fingerprint density at radius 3 is 2.81 bits per heavy atom. The first-order chi connectivity index (χ1) is 10.3. The summed E-state index contributed by atoms with van der Waals surface area (Å²) in [6.07, 6.45) is 8.99. The molecule has 3 nitrogen and oxygen atoms in total. The summed E-state index contributed by atoms with van der Waals surface area (Å²) >= 11 is 0. The van der Waals surface area contributed by atoms with Gasteiger partial charge in [-0.1, -0.05) is 24.3 Å². The van der Waals surface area contributed by atoms with Gasteiger partial charge in [0.2, 0.25) is 5.91 Å². The minimum absolute atomic E-state index is 0.259. The van der Waals surface area contributed by atoms with Crippen LogP contribution in [0.1, 0.15) is 31.2 Å². The highest BCUT2D eigenvalue weighted by molar-refractivity contribution is 5.95.